The van der Waals surface area contributed by atoms with E-state index in [2.05, 4.69) is 20.2 Å². The number of benzene rings is 1. The first-order chi connectivity index (χ1) is 15.0. The molecule has 4 rings (SSSR count). The quantitative estimate of drug-likeness (QED) is 0.665. The maximum Gasteiger partial charge on any atom is 0.257 e. The number of piperazine rings is 1. The molecule has 0 spiro atoms. The Labute approximate surface area is 185 Å². The fourth-order valence-corrected chi connectivity index (χ4v) is 4.60. The van der Waals surface area contributed by atoms with Crippen LogP contribution in [0.25, 0.3) is 0 Å². The van der Waals surface area contributed by atoms with Crippen LogP contribution in [0, 0.1) is 13.8 Å². The van der Waals surface area contributed by atoms with Gasteiger partial charge in [0.15, 0.2) is 0 Å². The molecule has 3 aromatic rings. The second-order valence-electron chi connectivity index (χ2n) is 7.49. The molecule has 2 aromatic heterocycles. The summed E-state index contributed by atoms with van der Waals surface area (Å²) in [6.07, 6.45) is 3.64. The molecule has 160 valence electrons. The molecule has 0 radical (unpaired) electrons. The van der Waals surface area contributed by atoms with Gasteiger partial charge in [0.1, 0.15) is 0 Å². The number of pyridine rings is 1. The highest BCUT2D eigenvalue weighted by Crippen LogP contribution is 2.24. The van der Waals surface area contributed by atoms with E-state index in [0.29, 0.717) is 43.9 Å². The highest BCUT2D eigenvalue weighted by atomic mass is 32.1. The van der Waals surface area contributed by atoms with Gasteiger partial charge >= 0.3 is 0 Å². The van der Waals surface area contributed by atoms with Gasteiger partial charge in [0, 0.05) is 54.8 Å². The molecule has 7 nitrogen and oxygen atoms in total. The second-order valence-corrected chi connectivity index (χ2v) is 8.89. The van der Waals surface area contributed by atoms with Gasteiger partial charge in [-0.05, 0) is 38.1 Å². The summed E-state index contributed by atoms with van der Waals surface area (Å²) >= 11 is 1.63. The van der Waals surface area contributed by atoms with E-state index in [4.69, 9.17) is 0 Å². The largest absolute Gasteiger partial charge is 0.367 e. The summed E-state index contributed by atoms with van der Waals surface area (Å²) < 4.78 is 0. The number of hydrogen-bond donors (Lipinski definition) is 1. The average Bonchev–Trinajstić information content (AvgIpc) is 3.11. The molecule has 1 fully saturated rings. The van der Waals surface area contributed by atoms with Crippen molar-refractivity contribution < 1.29 is 9.59 Å². The lowest BCUT2D eigenvalue weighted by Gasteiger charge is -2.36. The molecular formula is C23H25N5O2S. The van der Waals surface area contributed by atoms with Crippen LogP contribution in [0.1, 0.15) is 25.9 Å². The molecule has 2 amide bonds. The van der Waals surface area contributed by atoms with Crippen molar-refractivity contribution in [1.29, 1.82) is 0 Å². The summed E-state index contributed by atoms with van der Waals surface area (Å²) in [7, 11) is 0. The van der Waals surface area contributed by atoms with Crippen LogP contribution in [-0.4, -0.2) is 52.9 Å². The molecule has 1 saturated heterocycles. The van der Waals surface area contributed by atoms with Crippen molar-refractivity contribution in [1.82, 2.24) is 14.9 Å². The van der Waals surface area contributed by atoms with Gasteiger partial charge in [-0.25, -0.2) is 4.98 Å². The highest BCUT2D eigenvalue weighted by Gasteiger charge is 2.25. The molecule has 31 heavy (non-hydrogen) atoms. The lowest BCUT2D eigenvalue weighted by Crippen LogP contribution is -2.49. The summed E-state index contributed by atoms with van der Waals surface area (Å²) in [6.45, 7) is 6.59. The van der Waals surface area contributed by atoms with Gasteiger partial charge < -0.3 is 15.1 Å². The van der Waals surface area contributed by atoms with Crippen molar-refractivity contribution in [3.8, 4) is 0 Å². The first kappa shape index (κ1) is 21.0. The topological polar surface area (TPSA) is 78.4 Å². The normalized spacial score (nSPS) is 13.9. The molecule has 0 aliphatic carbocycles. The van der Waals surface area contributed by atoms with Crippen LogP contribution >= 0.6 is 11.3 Å². The summed E-state index contributed by atoms with van der Waals surface area (Å²) in [5, 5.41) is 3.92. The number of rotatable bonds is 5. The Hall–Kier alpha value is -3.26. The lowest BCUT2D eigenvalue weighted by atomic mass is 10.1. The third-order valence-electron chi connectivity index (χ3n) is 5.38. The Morgan fingerprint density at radius 2 is 1.74 bits per heavy atom. The number of amides is 2. The number of nitrogens with zero attached hydrogens (tertiary/aromatic N) is 4. The summed E-state index contributed by atoms with van der Waals surface area (Å²) in [5.41, 5.74) is 3.09. The highest BCUT2D eigenvalue weighted by molar-refractivity contribution is 7.11. The molecule has 1 aliphatic rings. The lowest BCUT2D eigenvalue weighted by molar-refractivity contribution is -0.130. The van der Waals surface area contributed by atoms with Crippen molar-refractivity contribution in [2.45, 2.75) is 20.3 Å². The molecule has 1 aromatic carbocycles. The first-order valence-electron chi connectivity index (χ1n) is 10.3. The van der Waals surface area contributed by atoms with Gasteiger partial charge in [-0.15, -0.1) is 11.3 Å². The summed E-state index contributed by atoms with van der Waals surface area (Å²) in [4.78, 5) is 39.2. The Morgan fingerprint density at radius 1 is 1.03 bits per heavy atom. The van der Waals surface area contributed by atoms with Gasteiger partial charge in [-0.1, -0.05) is 12.1 Å². The van der Waals surface area contributed by atoms with Crippen molar-refractivity contribution in [2.24, 2.45) is 0 Å². The van der Waals surface area contributed by atoms with Gasteiger partial charge in [0.2, 0.25) is 5.91 Å². The van der Waals surface area contributed by atoms with Crippen molar-refractivity contribution in [3.63, 3.8) is 0 Å². The van der Waals surface area contributed by atoms with E-state index in [1.165, 1.54) is 0 Å². The van der Waals surface area contributed by atoms with E-state index in [-0.39, 0.29) is 11.8 Å². The predicted octanol–water partition coefficient (Wildman–Crippen LogP) is 3.30. The number of aryl methyl sites for hydroxylation is 2. The molecule has 0 atom stereocenters. The summed E-state index contributed by atoms with van der Waals surface area (Å²) in [6, 6.07) is 11.1. The van der Waals surface area contributed by atoms with Crippen molar-refractivity contribution in [2.75, 3.05) is 36.4 Å². The van der Waals surface area contributed by atoms with Gasteiger partial charge in [-0.3, -0.25) is 14.6 Å². The molecule has 0 bridgehead atoms. The molecule has 0 saturated carbocycles. The zero-order chi connectivity index (χ0) is 21.8. The van der Waals surface area contributed by atoms with Crippen LogP contribution in [-0.2, 0) is 11.2 Å². The van der Waals surface area contributed by atoms with E-state index in [0.717, 1.165) is 21.3 Å². The van der Waals surface area contributed by atoms with Crippen LogP contribution < -0.4 is 10.2 Å². The molecule has 1 aliphatic heterocycles. The van der Waals surface area contributed by atoms with Gasteiger partial charge in [0.05, 0.1) is 22.7 Å². The molecule has 0 unspecified atom stereocenters. The van der Waals surface area contributed by atoms with Gasteiger partial charge in [0.25, 0.3) is 5.91 Å². The predicted molar refractivity (Wildman–Crippen MR) is 123 cm³/mol. The standard InChI is InChI=1S/C23H25N5O2S/c1-16-20(25-17(2)31-16)15-22(29)28-13-11-27(12-14-28)21-6-4-3-5-19(21)23(30)26-18-7-9-24-10-8-18/h3-10H,11-15H2,1-2H3,(H,24,26,30). The SMILES string of the molecule is Cc1nc(CC(=O)N2CCN(c3ccccc3C(=O)Nc3ccncc3)CC2)c(C)s1. The van der Waals surface area contributed by atoms with Crippen LogP contribution in [0.3, 0.4) is 0 Å². The monoisotopic (exact) mass is 435 g/mol. The van der Waals surface area contributed by atoms with Crippen LogP contribution in [0.4, 0.5) is 11.4 Å². The minimum Gasteiger partial charge on any atom is -0.367 e. The van der Waals surface area contributed by atoms with E-state index in [1.807, 2.05) is 43.0 Å². The number of carbonyl (C=O) groups is 2. The number of para-hydroxylation sites is 1. The fraction of sp³-hybridized carbons (Fsp3) is 0.304. The zero-order valence-corrected chi connectivity index (χ0v) is 18.5. The average molecular weight is 436 g/mol. The minimum atomic E-state index is -0.158. The molecule has 8 heteroatoms. The maximum absolute atomic E-state index is 12.9. The molecular weight excluding hydrogens is 410 g/mol. The van der Waals surface area contributed by atoms with Crippen LogP contribution in [0.2, 0.25) is 0 Å². The fourth-order valence-electron chi connectivity index (χ4n) is 3.76. The number of hydrogen-bond acceptors (Lipinski definition) is 6. The van der Waals surface area contributed by atoms with Gasteiger partial charge in [-0.2, -0.15) is 0 Å². The Bertz CT molecular complexity index is 1070. The second kappa shape index (κ2) is 9.26. The number of nitrogens with one attached hydrogen (secondary N) is 1. The molecule has 1 N–H and O–H groups in total. The Kier molecular flexibility index (Phi) is 6.27. The van der Waals surface area contributed by atoms with E-state index < -0.39 is 0 Å². The zero-order valence-electron chi connectivity index (χ0n) is 17.7. The van der Waals surface area contributed by atoms with Crippen molar-refractivity contribution >= 4 is 34.5 Å². The Balaban J connectivity index is 1.40. The van der Waals surface area contributed by atoms with E-state index in [9.17, 15) is 9.59 Å². The smallest absolute Gasteiger partial charge is 0.257 e. The maximum atomic E-state index is 12.9. The van der Waals surface area contributed by atoms with E-state index >= 15 is 0 Å². The third-order valence-corrected chi connectivity index (χ3v) is 6.31. The summed E-state index contributed by atoms with van der Waals surface area (Å²) in [5.74, 6) is -0.0496. The number of thiazole rings is 1. The van der Waals surface area contributed by atoms with Crippen molar-refractivity contribution in [3.05, 3.63) is 69.9 Å². The number of aromatic nitrogens is 2. The first-order valence-corrected chi connectivity index (χ1v) is 11.1. The third kappa shape index (κ3) is 4.91. The molecule has 3 heterocycles. The number of carbonyl (C=O) groups excluding carboxylic acids is 2. The Morgan fingerprint density at radius 3 is 2.42 bits per heavy atom. The number of anilines is 2. The minimum absolute atomic E-state index is 0.108. The van der Waals surface area contributed by atoms with Crippen LogP contribution in [0.5, 0.6) is 0 Å². The van der Waals surface area contributed by atoms with Crippen LogP contribution in [0.15, 0.2) is 48.8 Å². The van der Waals surface area contributed by atoms with E-state index in [1.54, 1.807) is 35.9 Å².